The lowest BCUT2D eigenvalue weighted by Crippen LogP contribution is -2.38. The molecule has 1 aromatic carbocycles. The predicted octanol–water partition coefficient (Wildman–Crippen LogP) is 1.81. The molecule has 1 fully saturated rings. The Morgan fingerprint density at radius 2 is 2.19 bits per heavy atom. The zero-order valence-corrected chi connectivity index (χ0v) is 13.2. The van der Waals surface area contributed by atoms with Crippen molar-refractivity contribution in [3.63, 3.8) is 0 Å². The van der Waals surface area contributed by atoms with E-state index in [1.165, 1.54) is 12.1 Å². The van der Waals surface area contributed by atoms with Gasteiger partial charge in [-0.25, -0.2) is 13.1 Å². The molecule has 9 heteroatoms. The molecule has 21 heavy (non-hydrogen) atoms. The zero-order chi connectivity index (χ0) is 15.5. The van der Waals surface area contributed by atoms with Gasteiger partial charge in [-0.05, 0) is 24.7 Å². The minimum Gasteiger partial charge on any atom is -0.387 e. The fourth-order valence-electron chi connectivity index (χ4n) is 2.17. The van der Waals surface area contributed by atoms with Gasteiger partial charge in [0, 0.05) is 31.0 Å². The molecular formula is C12H17N3O4S2. The van der Waals surface area contributed by atoms with E-state index in [1.807, 2.05) is 0 Å². The van der Waals surface area contributed by atoms with E-state index in [9.17, 15) is 18.5 Å². The van der Waals surface area contributed by atoms with Crippen molar-refractivity contribution in [2.75, 3.05) is 23.9 Å². The quantitative estimate of drug-likeness (QED) is 0.630. The summed E-state index contributed by atoms with van der Waals surface area (Å²) in [5.74, 6) is 1.76. The number of thioether (sulfide) groups is 1. The molecule has 0 spiro atoms. The van der Waals surface area contributed by atoms with Crippen LogP contribution in [-0.4, -0.2) is 37.9 Å². The third kappa shape index (κ3) is 3.86. The van der Waals surface area contributed by atoms with E-state index in [2.05, 4.69) is 10.0 Å². The second kappa shape index (κ2) is 6.63. The number of nitro benzene ring substituents is 1. The highest BCUT2D eigenvalue weighted by Crippen LogP contribution is 2.27. The number of nitrogens with one attached hydrogen (secondary N) is 2. The molecule has 1 aliphatic heterocycles. The van der Waals surface area contributed by atoms with Crippen LogP contribution >= 0.6 is 11.8 Å². The largest absolute Gasteiger partial charge is 0.387 e. The summed E-state index contributed by atoms with van der Waals surface area (Å²) in [6.45, 7) is 0. The molecular weight excluding hydrogens is 314 g/mol. The number of benzene rings is 1. The monoisotopic (exact) mass is 331 g/mol. The first-order chi connectivity index (χ1) is 9.94. The third-order valence-electron chi connectivity index (χ3n) is 3.22. The van der Waals surface area contributed by atoms with E-state index in [4.69, 9.17) is 0 Å². The summed E-state index contributed by atoms with van der Waals surface area (Å²) in [5, 5.41) is 13.6. The van der Waals surface area contributed by atoms with Crippen LogP contribution in [0.4, 0.5) is 11.4 Å². The Morgan fingerprint density at radius 1 is 1.43 bits per heavy atom. The first kappa shape index (κ1) is 16.1. The molecule has 0 saturated carbocycles. The fourth-order valence-corrected chi connectivity index (χ4v) is 4.85. The van der Waals surface area contributed by atoms with Crippen LogP contribution in [0.25, 0.3) is 0 Å². The Hall–Kier alpha value is -1.32. The van der Waals surface area contributed by atoms with Crippen molar-refractivity contribution in [1.82, 2.24) is 4.72 Å². The summed E-state index contributed by atoms with van der Waals surface area (Å²) in [6.07, 6.45) is 1.75. The molecule has 0 amide bonds. The van der Waals surface area contributed by atoms with Gasteiger partial charge in [0.25, 0.3) is 5.69 Å². The van der Waals surface area contributed by atoms with Gasteiger partial charge in [-0.1, -0.05) is 0 Å². The van der Waals surface area contributed by atoms with E-state index in [-0.39, 0.29) is 16.6 Å². The normalized spacial score (nSPS) is 19.2. The number of nitro groups is 1. The first-order valence-electron chi connectivity index (χ1n) is 6.50. The molecule has 116 valence electrons. The Labute approximate surface area is 127 Å². The van der Waals surface area contributed by atoms with E-state index in [0.717, 1.165) is 30.4 Å². The van der Waals surface area contributed by atoms with Gasteiger partial charge in [0.1, 0.15) is 4.90 Å². The second-order valence-electron chi connectivity index (χ2n) is 4.72. The van der Waals surface area contributed by atoms with Gasteiger partial charge in [-0.15, -0.1) is 0 Å². The van der Waals surface area contributed by atoms with Crippen LogP contribution in [0.5, 0.6) is 0 Å². The van der Waals surface area contributed by atoms with Gasteiger partial charge < -0.3 is 5.32 Å². The molecule has 1 aliphatic rings. The van der Waals surface area contributed by atoms with E-state index in [0.29, 0.717) is 5.69 Å². The van der Waals surface area contributed by atoms with Crippen molar-refractivity contribution in [3.8, 4) is 0 Å². The molecule has 1 unspecified atom stereocenters. The van der Waals surface area contributed by atoms with Gasteiger partial charge in [0.15, 0.2) is 0 Å². The maximum Gasteiger partial charge on any atom is 0.270 e. The van der Waals surface area contributed by atoms with Gasteiger partial charge in [-0.2, -0.15) is 11.8 Å². The summed E-state index contributed by atoms with van der Waals surface area (Å²) >= 11 is 1.71. The highest BCUT2D eigenvalue weighted by molar-refractivity contribution is 7.99. The molecule has 1 heterocycles. The third-order valence-corrected chi connectivity index (χ3v) is 5.99. The number of hydrogen-bond donors (Lipinski definition) is 2. The topological polar surface area (TPSA) is 101 Å². The van der Waals surface area contributed by atoms with Crippen LogP contribution in [0.2, 0.25) is 0 Å². The van der Waals surface area contributed by atoms with Crippen LogP contribution < -0.4 is 10.0 Å². The average Bonchev–Trinajstić information content (AvgIpc) is 2.47. The van der Waals surface area contributed by atoms with Gasteiger partial charge in [0.2, 0.25) is 10.0 Å². The number of nitrogens with zero attached hydrogens (tertiary/aromatic N) is 1. The molecule has 1 aromatic rings. The van der Waals surface area contributed by atoms with Crippen molar-refractivity contribution >= 4 is 33.2 Å². The van der Waals surface area contributed by atoms with Gasteiger partial charge >= 0.3 is 0 Å². The highest BCUT2D eigenvalue weighted by Gasteiger charge is 2.26. The van der Waals surface area contributed by atoms with Gasteiger partial charge in [0.05, 0.1) is 10.6 Å². The van der Waals surface area contributed by atoms with E-state index >= 15 is 0 Å². The van der Waals surface area contributed by atoms with Crippen LogP contribution in [0.3, 0.4) is 0 Å². The standard InChI is InChI=1S/C12H17N3O4S2/c1-13-11-5-4-10(15(16)17)7-12(11)21(18,19)14-9-3-2-6-20-8-9/h4-5,7,9,13-14H,2-3,6,8H2,1H3. The number of hydrogen-bond acceptors (Lipinski definition) is 6. The molecule has 7 nitrogen and oxygen atoms in total. The van der Waals surface area contributed by atoms with Crippen molar-refractivity contribution < 1.29 is 13.3 Å². The van der Waals surface area contributed by atoms with E-state index in [1.54, 1.807) is 18.8 Å². The van der Waals surface area contributed by atoms with Crippen LogP contribution in [0.1, 0.15) is 12.8 Å². The number of anilines is 1. The molecule has 1 saturated heterocycles. The number of non-ortho nitro benzene ring substituents is 1. The maximum absolute atomic E-state index is 12.5. The highest BCUT2D eigenvalue weighted by atomic mass is 32.2. The Kier molecular flexibility index (Phi) is 5.07. The summed E-state index contributed by atoms with van der Waals surface area (Å²) in [5.41, 5.74) is 0.101. The number of rotatable bonds is 5. The zero-order valence-electron chi connectivity index (χ0n) is 11.5. The molecule has 1 atom stereocenters. The minimum atomic E-state index is -3.79. The summed E-state index contributed by atoms with van der Waals surface area (Å²) in [6, 6.07) is 3.64. The van der Waals surface area contributed by atoms with Crippen molar-refractivity contribution in [3.05, 3.63) is 28.3 Å². The SMILES string of the molecule is CNc1ccc([N+](=O)[O-])cc1S(=O)(=O)NC1CCCSC1. The summed E-state index contributed by atoms with van der Waals surface area (Å²) < 4.78 is 27.6. The Balaban J connectivity index is 2.32. The molecule has 0 aliphatic carbocycles. The molecule has 2 N–H and O–H groups in total. The molecule has 0 aromatic heterocycles. The molecule has 2 rings (SSSR count). The van der Waals surface area contributed by atoms with Crippen molar-refractivity contribution in [1.29, 1.82) is 0 Å². The van der Waals surface area contributed by atoms with Crippen LogP contribution in [0.15, 0.2) is 23.1 Å². The Morgan fingerprint density at radius 3 is 2.76 bits per heavy atom. The fraction of sp³-hybridized carbons (Fsp3) is 0.500. The minimum absolute atomic E-state index is 0.0882. The lowest BCUT2D eigenvalue weighted by molar-refractivity contribution is -0.385. The van der Waals surface area contributed by atoms with Crippen LogP contribution in [0, 0.1) is 10.1 Å². The Bertz CT molecular complexity index is 627. The summed E-state index contributed by atoms with van der Waals surface area (Å²) in [7, 11) is -2.21. The average molecular weight is 331 g/mol. The first-order valence-corrected chi connectivity index (χ1v) is 9.14. The molecule has 0 radical (unpaired) electrons. The molecule has 0 bridgehead atoms. The predicted molar refractivity (Wildman–Crippen MR) is 83.3 cm³/mol. The lowest BCUT2D eigenvalue weighted by atomic mass is 10.2. The second-order valence-corrected chi connectivity index (χ2v) is 7.56. The maximum atomic E-state index is 12.5. The van der Waals surface area contributed by atoms with Crippen molar-refractivity contribution in [2.45, 2.75) is 23.8 Å². The van der Waals surface area contributed by atoms with Gasteiger partial charge in [-0.3, -0.25) is 10.1 Å². The van der Waals surface area contributed by atoms with E-state index < -0.39 is 14.9 Å². The smallest absolute Gasteiger partial charge is 0.270 e. The number of sulfonamides is 1. The van der Waals surface area contributed by atoms with Crippen molar-refractivity contribution in [2.24, 2.45) is 0 Å². The lowest BCUT2D eigenvalue weighted by Gasteiger charge is -2.22. The van der Waals surface area contributed by atoms with Crippen LogP contribution in [-0.2, 0) is 10.0 Å². The summed E-state index contributed by atoms with van der Waals surface area (Å²) in [4.78, 5) is 10.1.